The van der Waals surface area contributed by atoms with Crippen molar-refractivity contribution in [1.82, 2.24) is 14.7 Å². The van der Waals surface area contributed by atoms with Crippen molar-refractivity contribution >= 4 is 17.7 Å². The van der Waals surface area contributed by atoms with E-state index in [4.69, 9.17) is 16.7 Å². The van der Waals surface area contributed by atoms with Gasteiger partial charge in [-0.1, -0.05) is 55.8 Å². The van der Waals surface area contributed by atoms with E-state index < -0.39 is 6.09 Å². The van der Waals surface area contributed by atoms with Gasteiger partial charge in [0, 0.05) is 42.2 Å². The maximum absolute atomic E-state index is 11.4. The van der Waals surface area contributed by atoms with Crippen molar-refractivity contribution in [2.24, 2.45) is 5.92 Å². The highest BCUT2D eigenvalue weighted by molar-refractivity contribution is 6.30. The molecule has 28 heavy (non-hydrogen) atoms. The summed E-state index contributed by atoms with van der Waals surface area (Å²) in [6, 6.07) is 7.94. The van der Waals surface area contributed by atoms with Gasteiger partial charge in [-0.3, -0.25) is 4.68 Å². The van der Waals surface area contributed by atoms with E-state index in [0.29, 0.717) is 25.9 Å². The molecule has 0 atom stereocenters. The molecule has 2 heterocycles. The van der Waals surface area contributed by atoms with Crippen LogP contribution in [-0.2, 0) is 19.4 Å². The number of carbonyl (C=O) groups is 1. The maximum atomic E-state index is 11.4. The van der Waals surface area contributed by atoms with Crippen LogP contribution in [0.15, 0.2) is 24.3 Å². The Morgan fingerprint density at radius 2 is 1.82 bits per heavy atom. The molecule has 0 unspecified atom stereocenters. The second kappa shape index (κ2) is 8.56. The fraction of sp³-hybridized carbons (Fsp3) is 0.545. The van der Waals surface area contributed by atoms with Crippen LogP contribution in [0.5, 0.6) is 0 Å². The maximum Gasteiger partial charge on any atom is 0.407 e. The number of carboxylic acid groups (broad SMARTS) is 1. The molecule has 2 aliphatic rings. The zero-order valence-corrected chi connectivity index (χ0v) is 17.0. The largest absolute Gasteiger partial charge is 0.465 e. The molecule has 6 heteroatoms. The smallest absolute Gasteiger partial charge is 0.407 e. The molecule has 4 rings (SSSR count). The molecule has 5 nitrogen and oxygen atoms in total. The van der Waals surface area contributed by atoms with Crippen LogP contribution < -0.4 is 0 Å². The summed E-state index contributed by atoms with van der Waals surface area (Å²) in [5.41, 5.74) is 4.52. The molecule has 1 aliphatic heterocycles. The Kier molecular flexibility index (Phi) is 5.90. The summed E-state index contributed by atoms with van der Waals surface area (Å²) in [5, 5.41) is 15.0. The summed E-state index contributed by atoms with van der Waals surface area (Å²) in [6.07, 6.45) is 8.48. The van der Waals surface area contributed by atoms with Gasteiger partial charge in [-0.05, 0) is 30.9 Å². The number of benzene rings is 1. The van der Waals surface area contributed by atoms with Crippen molar-refractivity contribution in [2.75, 3.05) is 13.1 Å². The Morgan fingerprint density at radius 3 is 2.54 bits per heavy atom. The fourth-order valence-corrected chi connectivity index (χ4v) is 4.80. The highest BCUT2D eigenvalue weighted by Crippen LogP contribution is 2.32. The minimum absolute atomic E-state index is 0.516. The average Bonchev–Trinajstić information content (AvgIpc) is 2.91. The third-order valence-electron chi connectivity index (χ3n) is 6.25. The van der Waals surface area contributed by atoms with Crippen LogP contribution in [0.2, 0.25) is 5.02 Å². The van der Waals surface area contributed by atoms with Crippen molar-refractivity contribution in [3.05, 3.63) is 40.5 Å². The van der Waals surface area contributed by atoms with Crippen LogP contribution >= 0.6 is 11.6 Å². The van der Waals surface area contributed by atoms with E-state index in [2.05, 4.69) is 16.8 Å². The van der Waals surface area contributed by atoms with E-state index in [0.717, 1.165) is 34.4 Å². The molecule has 2 aromatic rings. The minimum atomic E-state index is -0.844. The molecule has 1 amide bonds. The van der Waals surface area contributed by atoms with Crippen LogP contribution in [0.25, 0.3) is 11.3 Å². The van der Waals surface area contributed by atoms with Crippen LogP contribution in [0.3, 0.4) is 0 Å². The summed E-state index contributed by atoms with van der Waals surface area (Å²) < 4.78 is 2.18. The predicted octanol–water partition coefficient (Wildman–Crippen LogP) is 5.25. The number of aryl methyl sites for hydroxylation is 1. The van der Waals surface area contributed by atoms with E-state index in [1.54, 1.807) is 0 Å². The van der Waals surface area contributed by atoms with Gasteiger partial charge in [0.25, 0.3) is 0 Å². The number of rotatable bonds is 4. The Balaban J connectivity index is 1.63. The quantitative estimate of drug-likeness (QED) is 0.760. The number of aromatic nitrogens is 2. The van der Waals surface area contributed by atoms with Crippen LogP contribution in [0, 0.1) is 5.92 Å². The van der Waals surface area contributed by atoms with Crippen molar-refractivity contribution < 1.29 is 9.90 Å². The second-order valence-electron chi connectivity index (χ2n) is 8.07. The van der Waals surface area contributed by atoms with Crippen molar-refractivity contribution in [1.29, 1.82) is 0 Å². The molecule has 1 aliphatic carbocycles. The molecule has 0 bridgehead atoms. The zero-order chi connectivity index (χ0) is 19.5. The molecule has 1 saturated carbocycles. The number of amides is 1. The summed E-state index contributed by atoms with van der Waals surface area (Å²) in [4.78, 5) is 12.9. The number of hydrogen-bond acceptors (Lipinski definition) is 2. The van der Waals surface area contributed by atoms with E-state index in [9.17, 15) is 9.90 Å². The Hall–Kier alpha value is -2.01. The number of nitrogens with zero attached hydrogens (tertiary/aromatic N) is 3. The second-order valence-corrected chi connectivity index (χ2v) is 8.50. The molecule has 1 aromatic carbocycles. The number of fused-ring (bicyclic) bond motifs is 1. The third-order valence-corrected chi connectivity index (χ3v) is 6.50. The summed E-state index contributed by atoms with van der Waals surface area (Å²) in [5.74, 6) is 0.804. The first-order valence-corrected chi connectivity index (χ1v) is 10.8. The molecular formula is C22H28ClN3O2. The Bertz CT molecular complexity index is 825. The summed E-state index contributed by atoms with van der Waals surface area (Å²) >= 11 is 6.10. The first-order valence-electron chi connectivity index (χ1n) is 10.4. The lowest BCUT2D eigenvalue weighted by molar-refractivity contribution is 0.147. The SMILES string of the molecule is O=C(O)N1CCc2nn(CCC3CCCCC3)c(-c3ccc(Cl)cc3)c2CC1. The van der Waals surface area contributed by atoms with Crippen molar-refractivity contribution in [3.63, 3.8) is 0 Å². The van der Waals surface area contributed by atoms with Gasteiger partial charge in [0.2, 0.25) is 0 Å². The standard InChI is InChI=1S/C22H28ClN3O2/c23-18-8-6-17(7-9-18)21-19-11-13-25(22(27)28)14-12-20(19)24-26(21)15-10-16-4-2-1-3-5-16/h6-9,16H,1-5,10-15H2,(H,27,28). The monoisotopic (exact) mass is 401 g/mol. The van der Waals surface area contributed by atoms with E-state index in [-0.39, 0.29) is 0 Å². The lowest BCUT2D eigenvalue weighted by Gasteiger charge is -2.22. The normalized spacial score (nSPS) is 18.0. The molecule has 150 valence electrons. The molecule has 0 radical (unpaired) electrons. The summed E-state index contributed by atoms with van der Waals surface area (Å²) in [6.45, 7) is 1.97. The van der Waals surface area contributed by atoms with Gasteiger partial charge >= 0.3 is 6.09 Å². The van der Waals surface area contributed by atoms with Gasteiger partial charge in [-0.15, -0.1) is 0 Å². The van der Waals surface area contributed by atoms with Gasteiger partial charge in [-0.25, -0.2) is 4.79 Å². The highest BCUT2D eigenvalue weighted by Gasteiger charge is 2.25. The number of halogens is 1. The van der Waals surface area contributed by atoms with E-state index in [1.165, 1.54) is 49.0 Å². The lowest BCUT2D eigenvalue weighted by Crippen LogP contribution is -2.31. The lowest BCUT2D eigenvalue weighted by atomic mass is 9.87. The minimum Gasteiger partial charge on any atom is -0.465 e. The summed E-state index contributed by atoms with van der Waals surface area (Å²) in [7, 11) is 0. The van der Waals surface area contributed by atoms with Crippen molar-refractivity contribution in [3.8, 4) is 11.3 Å². The average molecular weight is 402 g/mol. The molecule has 0 spiro atoms. The van der Waals surface area contributed by atoms with Gasteiger partial charge in [0.05, 0.1) is 11.4 Å². The molecular weight excluding hydrogens is 374 g/mol. The first kappa shape index (κ1) is 19.3. The van der Waals surface area contributed by atoms with Crippen LogP contribution in [0.1, 0.15) is 49.8 Å². The topological polar surface area (TPSA) is 58.4 Å². The molecule has 1 aromatic heterocycles. The van der Waals surface area contributed by atoms with E-state index >= 15 is 0 Å². The third kappa shape index (κ3) is 4.19. The first-order chi connectivity index (χ1) is 13.6. The zero-order valence-electron chi connectivity index (χ0n) is 16.2. The van der Waals surface area contributed by atoms with Gasteiger partial charge in [-0.2, -0.15) is 5.10 Å². The van der Waals surface area contributed by atoms with Gasteiger partial charge in [0.15, 0.2) is 0 Å². The molecule has 0 saturated heterocycles. The fourth-order valence-electron chi connectivity index (χ4n) is 4.68. The van der Waals surface area contributed by atoms with Crippen LogP contribution in [0.4, 0.5) is 4.79 Å². The Morgan fingerprint density at radius 1 is 1.11 bits per heavy atom. The highest BCUT2D eigenvalue weighted by atomic mass is 35.5. The predicted molar refractivity (Wildman–Crippen MR) is 111 cm³/mol. The van der Waals surface area contributed by atoms with Crippen molar-refractivity contribution in [2.45, 2.75) is 57.9 Å². The van der Waals surface area contributed by atoms with Crippen LogP contribution in [-0.4, -0.2) is 39.0 Å². The number of hydrogen-bond donors (Lipinski definition) is 1. The molecule has 1 N–H and O–H groups in total. The Labute approximate surface area is 171 Å². The van der Waals surface area contributed by atoms with Gasteiger partial charge < -0.3 is 10.0 Å². The van der Waals surface area contributed by atoms with Gasteiger partial charge in [0.1, 0.15) is 0 Å². The van der Waals surface area contributed by atoms with E-state index in [1.807, 2.05) is 12.1 Å². The molecule has 1 fully saturated rings.